The van der Waals surface area contributed by atoms with Crippen molar-refractivity contribution < 1.29 is 23.9 Å². The van der Waals surface area contributed by atoms with Crippen LogP contribution in [0.3, 0.4) is 0 Å². The number of imide groups is 1. The molecule has 1 aromatic carbocycles. The third-order valence-corrected chi connectivity index (χ3v) is 5.73. The maximum absolute atomic E-state index is 12.7. The molecule has 0 aliphatic carbocycles. The van der Waals surface area contributed by atoms with Crippen LogP contribution in [0.5, 0.6) is 0 Å². The van der Waals surface area contributed by atoms with E-state index in [4.69, 9.17) is 4.74 Å². The van der Waals surface area contributed by atoms with E-state index in [1.807, 2.05) is 6.92 Å². The zero-order chi connectivity index (χ0) is 19.9. The fourth-order valence-electron chi connectivity index (χ4n) is 2.96. The number of fused-ring (bicyclic) bond motifs is 1. The summed E-state index contributed by atoms with van der Waals surface area (Å²) >= 11 is 1.24. The Bertz CT molecular complexity index is 943. The number of carbonyl (C=O) groups excluding carboxylic acids is 4. The molecule has 0 saturated carbocycles. The lowest BCUT2D eigenvalue weighted by molar-refractivity contribution is -0.119. The van der Waals surface area contributed by atoms with Crippen LogP contribution in [0.25, 0.3) is 0 Å². The molecular weight excluding hydrogens is 368 g/mol. The van der Waals surface area contributed by atoms with Gasteiger partial charge in [-0.05, 0) is 38.5 Å². The van der Waals surface area contributed by atoms with Gasteiger partial charge in [0, 0.05) is 4.88 Å². The summed E-state index contributed by atoms with van der Waals surface area (Å²) in [6, 6.07) is 5.41. The van der Waals surface area contributed by atoms with E-state index in [1.54, 1.807) is 31.2 Å². The molecule has 1 aliphatic heterocycles. The Labute approximate surface area is 159 Å². The minimum absolute atomic E-state index is 0.278. The van der Waals surface area contributed by atoms with Crippen LogP contribution in [0.15, 0.2) is 24.3 Å². The molecule has 0 saturated heterocycles. The number of methoxy groups -OCH3 is 1. The van der Waals surface area contributed by atoms with Gasteiger partial charge in [-0.3, -0.25) is 19.3 Å². The molecular formula is C19H18N2O5S. The first kappa shape index (κ1) is 18.8. The summed E-state index contributed by atoms with van der Waals surface area (Å²) < 4.78 is 4.79. The first-order chi connectivity index (χ1) is 12.8. The SMILES string of the molecule is COC(=O)c1c(NC(=O)C(C)N2C(=O)c3ccccc3C2=O)sc(C)c1C. The smallest absolute Gasteiger partial charge is 0.341 e. The largest absolute Gasteiger partial charge is 0.465 e. The van der Waals surface area contributed by atoms with Crippen molar-refractivity contribution in [1.29, 1.82) is 0 Å². The molecule has 1 atom stereocenters. The average molecular weight is 386 g/mol. The number of rotatable bonds is 4. The highest BCUT2D eigenvalue weighted by Gasteiger charge is 2.41. The number of nitrogens with one attached hydrogen (secondary N) is 1. The van der Waals surface area contributed by atoms with E-state index in [0.29, 0.717) is 5.00 Å². The number of hydrogen-bond acceptors (Lipinski definition) is 6. The molecule has 0 radical (unpaired) electrons. The molecule has 1 aromatic heterocycles. The monoisotopic (exact) mass is 386 g/mol. The Morgan fingerprint density at radius 2 is 1.67 bits per heavy atom. The van der Waals surface area contributed by atoms with Crippen LogP contribution in [-0.4, -0.2) is 41.7 Å². The Hall–Kier alpha value is -3.00. The fraction of sp³-hybridized carbons (Fsp3) is 0.263. The molecule has 0 spiro atoms. The Morgan fingerprint density at radius 3 is 2.19 bits per heavy atom. The lowest BCUT2D eigenvalue weighted by atomic mass is 10.1. The van der Waals surface area contributed by atoms with Crippen molar-refractivity contribution in [2.75, 3.05) is 12.4 Å². The quantitative estimate of drug-likeness (QED) is 0.644. The van der Waals surface area contributed by atoms with Crippen LogP contribution in [0.2, 0.25) is 0 Å². The van der Waals surface area contributed by atoms with Crippen molar-refractivity contribution in [2.45, 2.75) is 26.8 Å². The van der Waals surface area contributed by atoms with Gasteiger partial charge in [0.05, 0.1) is 23.8 Å². The van der Waals surface area contributed by atoms with Gasteiger partial charge in [-0.15, -0.1) is 11.3 Å². The van der Waals surface area contributed by atoms with Crippen molar-refractivity contribution in [1.82, 2.24) is 4.90 Å². The molecule has 140 valence electrons. The highest BCUT2D eigenvalue weighted by atomic mass is 32.1. The summed E-state index contributed by atoms with van der Waals surface area (Å²) in [6.07, 6.45) is 0. The van der Waals surface area contributed by atoms with E-state index in [0.717, 1.165) is 15.3 Å². The highest BCUT2D eigenvalue weighted by molar-refractivity contribution is 7.16. The number of nitrogens with zero attached hydrogens (tertiary/aromatic N) is 1. The van der Waals surface area contributed by atoms with Crippen molar-refractivity contribution in [3.05, 3.63) is 51.4 Å². The summed E-state index contributed by atoms with van der Waals surface area (Å²) in [5.41, 5.74) is 1.55. The maximum Gasteiger partial charge on any atom is 0.341 e. The predicted molar refractivity (Wildman–Crippen MR) is 100 cm³/mol. The molecule has 1 aliphatic rings. The minimum Gasteiger partial charge on any atom is -0.465 e. The van der Waals surface area contributed by atoms with Gasteiger partial charge in [0.2, 0.25) is 5.91 Å². The number of amides is 3. The molecule has 3 rings (SSSR count). The summed E-state index contributed by atoms with van der Waals surface area (Å²) in [5.74, 6) is -2.13. The van der Waals surface area contributed by atoms with Crippen LogP contribution in [0, 0.1) is 13.8 Å². The molecule has 27 heavy (non-hydrogen) atoms. The third-order valence-electron chi connectivity index (χ3n) is 4.60. The molecule has 0 fully saturated rings. The number of esters is 1. The Kier molecular flexibility index (Phi) is 4.84. The summed E-state index contributed by atoms with van der Waals surface area (Å²) in [4.78, 5) is 51.6. The normalized spacial score (nSPS) is 14.1. The fourth-order valence-corrected chi connectivity index (χ4v) is 4.01. The third kappa shape index (κ3) is 3.02. The standard InChI is InChI=1S/C19H18N2O5S/c1-9-11(3)27-16(14(9)19(25)26-4)20-15(22)10(2)21-17(23)12-7-5-6-8-13(12)18(21)24/h5-8,10H,1-4H3,(H,20,22). The molecule has 1 N–H and O–H groups in total. The van der Waals surface area contributed by atoms with E-state index in [9.17, 15) is 19.2 Å². The Balaban J connectivity index is 1.86. The van der Waals surface area contributed by atoms with Gasteiger partial charge in [-0.2, -0.15) is 0 Å². The lowest BCUT2D eigenvalue weighted by Gasteiger charge is -2.21. The van der Waals surface area contributed by atoms with Crippen LogP contribution in [0.4, 0.5) is 5.00 Å². The van der Waals surface area contributed by atoms with Crippen molar-refractivity contribution in [3.63, 3.8) is 0 Å². The number of anilines is 1. The van der Waals surface area contributed by atoms with Gasteiger partial charge in [0.15, 0.2) is 0 Å². The number of hydrogen-bond donors (Lipinski definition) is 1. The topological polar surface area (TPSA) is 92.8 Å². The minimum atomic E-state index is -1.04. The number of ether oxygens (including phenoxy) is 1. The number of benzene rings is 1. The van der Waals surface area contributed by atoms with Crippen LogP contribution < -0.4 is 5.32 Å². The zero-order valence-corrected chi connectivity index (χ0v) is 16.1. The molecule has 7 nitrogen and oxygen atoms in total. The molecule has 1 unspecified atom stereocenters. The maximum atomic E-state index is 12.7. The number of carbonyl (C=O) groups is 4. The number of thiophene rings is 1. The van der Waals surface area contributed by atoms with Gasteiger partial charge in [0.25, 0.3) is 11.8 Å². The second-order valence-corrected chi connectivity index (χ2v) is 7.39. The molecule has 0 bridgehead atoms. The van der Waals surface area contributed by atoms with Gasteiger partial charge in [-0.1, -0.05) is 12.1 Å². The molecule has 3 amide bonds. The Morgan fingerprint density at radius 1 is 1.11 bits per heavy atom. The van der Waals surface area contributed by atoms with Crippen molar-refractivity contribution >= 4 is 40.0 Å². The summed E-state index contributed by atoms with van der Waals surface area (Å²) in [5, 5.41) is 3.00. The van der Waals surface area contributed by atoms with E-state index in [-0.39, 0.29) is 16.7 Å². The molecule has 2 aromatic rings. The lowest BCUT2D eigenvalue weighted by Crippen LogP contribution is -2.45. The summed E-state index contributed by atoms with van der Waals surface area (Å²) in [6.45, 7) is 5.07. The first-order valence-corrected chi connectivity index (χ1v) is 9.05. The second-order valence-electron chi connectivity index (χ2n) is 6.17. The van der Waals surface area contributed by atoms with Crippen LogP contribution in [-0.2, 0) is 9.53 Å². The van der Waals surface area contributed by atoms with E-state index < -0.39 is 29.7 Å². The van der Waals surface area contributed by atoms with E-state index in [2.05, 4.69) is 5.32 Å². The van der Waals surface area contributed by atoms with Gasteiger partial charge < -0.3 is 10.1 Å². The summed E-state index contributed by atoms with van der Waals surface area (Å²) in [7, 11) is 1.27. The first-order valence-electron chi connectivity index (χ1n) is 8.24. The molecule has 2 heterocycles. The molecule has 8 heteroatoms. The van der Waals surface area contributed by atoms with Gasteiger partial charge >= 0.3 is 5.97 Å². The predicted octanol–water partition coefficient (Wildman–Crippen LogP) is 2.77. The highest BCUT2D eigenvalue weighted by Crippen LogP contribution is 2.33. The van der Waals surface area contributed by atoms with Gasteiger partial charge in [-0.25, -0.2) is 4.79 Å². The van der Waals surface area contributed by atoms with Crippen LogP contribution >= 0.6 is 11.3 Å². The van der Waals surface area contributed by atoms with Crippen LogP contribution in [0.1, 0.15) is 48.4 Å². The number of aryl methyl sites for hydroxylation is 1. The van der Waals surface area contributed by atoms with Crippen molar-refractivity contribution in [3.8, 4) is 0 Å². The zero-order valence-electron chi connectivity index (χ0n) is 15.3. The van der Waals surface area contributed by atoms with E-state index >= 15 is 0 Å². The van der Waals surface area contributed by atoms with Crippen molar-refractivity contribution in [2.24, 2.45) is 0 Å². The average Bonchev–Trinajstić information content (AvgIpc) is 3.07. The second kappa shape index (κ2) is 6.96. The van der Waals surface area contributed by atoms with Gasteiger partial charge in [0.1, 0.15) is 11.0 Å². The van der Waals surface area contributed by atoms with E-state index in [1.165, 1.54) is 25.4 Å².